The maximum Gasteiger partial charge on any atom is 0.319 e. The van der Waals surface area contributed by atoms with Crippen molar-refractivity contribution < 1.29 is 13.9 Å². The molecule has 0 unspecified atom stereocenters. The summed E-state index contributed by atoms with van der Waals surface area (Å²) in [4.78, 5) is 19.2. The number of carbonyl (C=O) groups excluding carboxylic acids is 1. The van der Waals surface area contributed by atoms with Crippen LogP contribution < -0.4 is 0 Å². The summed E-state index contributed by atoms with van der Waals surface area (Å²) in [5, 5.41) is 0. The van der Waals surface area contributed by atoms with Crippen molar-refractivity contribution in [2.45, 2.75) is 26.2 Å². The highest BCUT2D eigenvalue weighted by atomic mass is 79.9. The molecule has 1 aromatic heterocycles. The van der Waals surface area contributed by atoms with E-state index in [2.05, 4.69) is 25.9 Å². The number of esters is 1. The van der Waals surface area contributed by atoms with E-state index in [-0.39, 0.29) is 11.8 Å². The Morgan fingerprint density at radius 2 is 2.21 bits per heavy atom. The lowest BCUT2D eigenvalue weighted by atomic mass is 9.93. The molecule has 0 aliphatic carbocycles. The van der Waals surface area contributed by atoms with Crippen molar-refractivity contribution in [3.8, 4) is 0 Å². The molecule has 4 nitrogen and oxygen atoms in total. The van der Waals surface area contributed by atoms with Gasteiger partial charge in [0.15, 0.2) is 0 Å². The fourth-order valence-electron chi connectivity index (χ4n) is 1.71. The van der Waals surface area contributed by atoms with Gasteiger partial charge in [0.2, 0.25) is 0 Å². The highest BCUT2D eigenvalue weighted by molar-refractivity contribution is 9.10. The van der Waals surface area contributed by atoms with Crippen LogP contribution in [0.25, 0.3) is 11.0 Å². The van der Waals surface area contributed by atoms with Gasteiger partial charge in [-0.25, -0.2) is 9.37 Å². The molecule has 19 heavy (non-hydrogen) atoms. The van der Waals surface area contributed by atoms with E-state index in [1.165, 1.54) is 6.07 Å². The van der Waals surface area contributed by atoms with Crippen LogP contribution >= 0.6 is 15.9 Å². The van der Waals surface area contributed by atoms with E-state index in [9.17, 15) is 9.18 Å². The Morgan fingerprint density at radius 1 is 1.53 bits per heavy atom. The summed E-state index contributed by atoms with van der Waals surface area (Å²) in [5.41, 5.74) is 0.242. The molecule has 0 amide bonds. The van der Waals surface area contributed by atoms with Gasteiger partial charge in [-0.3, -0.25) is 4.79 Å². The first kappa shape index (κ1) is 14.0. The number of benzene rings is 1. The van der Waals surface area contributed by atoms with Crippen molar-refractivity contribution in [3.63, 3.8) is 0 Å². The number of imidazole rings is 1. The van der Waals surface area contributed by atoms with Gasteiger partial charge in [-0.2, -0.15) is 0 Å². The minimum absolute atomic E-state index is 0.308. The molecule has 1 N–H and O–H groups in total. The Morgan fingerprint density at radius 3 is 2.84 bits per heavy atom. The number of nitrogens with zero attached hydrogens (tertiary/aromatic N) is 1. The highest BCUT2D eigenvalue weighted by Crippen LogP contribution is 2.27. The van der Waals surface area contributed by atoms with Gasteiger partial charge in [0.1, 0.15) is 17.1 Å². The van der Waals surface area contributed by atoms with Crippen LogP contribution in [0.1, 0.15) is 26.6 Å². The molecule has 6 heteroatoms. The van der Waals surface area contributed by atoms with Crippen LogP contribution in [0.5, 0.6) is 0 Å². The zero-order valence-corrected chi connectivity index (χ0v) is 12.5. The van der Waals surface area contributed by atoms with Crippen molar-refractivity contribution >= 4 is 32.9 Å². The van der Waals surface area contributed by atoms with Crippen molar-refractivity contribution in [1.29, 1.82) is 0 Å². The van der Waals surface area contributed by atoms with Crippen LogP contribution in [0, 0.1) is 5.82 Å². The van der Waals surface area contributed by atoms with E-state index >= 15 is 0 Å². The third-order valence-electron chi connectivity index (χ3n) is 2.90. The average Bonchev–Trinajstić information content (AvgIpc) is 2.73. The number of aromatic amines is 1. The lowest BCUT2D eigenvalue weighted by molar-refractivity contribution is -0.149. The molecule has 0 fully saturated rings. The number of rotatable bonds is 3. The minimum atomic E-state index is -0.905. The number of aromatic nitrogens is 2. The van der Waals surface area contributed by atoms with Crippen molar-refractivity contribution in [2.24, 2.45) is 0 Å². The highest BCUT2D eigenvalue weighted by Gasteiger charge is 2.34. The first-order chi connectivity index (χ1) is 8.86. The van der Waals surface area contributed by atoms with Crippen LogP contribution in [0.3, 0.4) is 0 Å². The minimum Gasteiger partial charge on any atom is -0.465 e. The van der Waals surface area contributed by atoms with Gasteiger partial charge in [0.05, 0.1) is 22.1 Å². The molecule has 102 valence electrons. The second-order valence-corrected chi connectivity index (χ2v) is 5.57. The third kappa shape index (κ3) is 2.49. The van der Waals surface area contributed by atoms with Gasteiger partial charge in [-0.1, -0.05) is 0 Å². The van der Waals surface area contributed by atoms with Crippen molar-refractivity contribution in [3.05, 3.63) is 28.2 Å². The molecule has 0 spiro atoms. The third-order valence-corrected chi connectivity index (χ3v) is 3.51. The van der Waals surface area contributed by atoms with E-state index in [0.29, 0.717) is 27.9 Å². The number of nitrogens with one attached hydrogen (secondary N) is 1. The van der Waals surface area contributed by atoms with Gasteiger partial charge in [0.25, 0.3) is 0 Å². The maximum absolute atomic E-state index is 13.4. The van der Waals surface area contributed by atoms with Crippen LogP contribution in [-0.2, 0) is 14.9 Å². The lowest BCUT2D eigenvalue weighted by Gasteiger charge is -2.19. The molecule has 0 aliphatic heterocycles. The molecule has 1 aromatic carbocycles. The molecule has 2 aromatic rings. The van der Waals surface area contributed by atoms with Crippen molar-refractivity contribution in [1.82, 2.24) is 9.97 Å². The fraction of sp³-hybridized carbons (Fsp3) is 0.385. The molecular weight excluding hydrogens is 315 g/mol. The number of ether oxygens (including phenoxy) is 1. The molecule has 0 saturated carbocycles. The lowest BCUT2D eigenvalue weighted by Crippen LogP contribution is -2.32. The zero-order valence-electron chi connectivity index (χ0n) is 10.9. The summed E-state index contributed by atoms with van der Waals surface area (Å²) in [6.07, 6.45) is 0. The van der Waals surface area contributed by atoms with E-state index in [1.54, 1.807) is 26.8 Å². The molecule has 0 saturated heterocycles. The Labute approximate surface area is 118 Å². The summed E-state index contributed by atoms with van der Waals surface area (Å²) in [7, 11) is 0. The maximum atomic E-state index is 13.4. The largest absolute Gasteiger partial charge is 0.465 e. The molecule has 1 heterocycles. The summed E-state index contributed by atoms with van der Waals surface area (Å²) in [6.45, 7) is 5.49. The summed E-state index contributed by atoms with van der Waals surface area (Å²) in [6, 6.07) is 2.92. The van der Waals surface area contributed by atoms with Crippen LogP contribution in [-0.4, -0.2) is 22.5 Å². The summed E-state index contributed by atoms with van der Waals surface area (Å²) >= 11 is 3.11. The number of carbonyl (C=O) groups is 1. The Hall–Kier alpha value is -1.43. The fourth-order valence-corrected chi connectivity index (χ4v) is 2.04. The Balaban J connectivity index is 2.48. The van der Waals surface area contributed by atoms with Gasteiger partial charge >= 0.3 is 5.97 Å². The Bertz CT molecular complexity index is 598. The molecular formula is C13H14BrFN2O2. The van der Waals surface area contributed by atoms with E-state index in [4.69, 9.17) is 4.74 Å². The van der Waals surface area contributed by atoms with E-state index in [1.807, 2.05) is 0 Å². The van der Waals surface area contributed by atoms with Gasteiger partial charge in [-0.15, -0.1) is 0 Å². The second-order valence-electron chi connectivity index (χ2n) is 4.71. The summed E-state index contributed by atoms with van der Waals surface area (Å²) < 4.78 is 18.8. The summed E-state index contributed by atoms with van der Waals surface area (Å²) in [5.74, 6) is -0.288. The first-order valence-electron chi connectivity index (χ1n) is 5.88. The first-order valence-corrected chi connectivity index (χ1v) is 6.68. The Kier molecular flexibility index (Phi) is 3.62. The average molecular weight is 329 g/mol. The molecule has 0 bridgehead atoms. The number of hydrogen-bond acceptors (Lipinski definition) is 3. The monoisotopic (exact) mass is 328 g/mol. The number of H-pyrrole nitrogens is 1. The molecule has 2 rings (SSSR count). The number of fused-ring (bicyclic) bond motifs is 1. The molecule has 0 radical (unpaired) electrons. The SMILES string of the molecule is CCOC(=O)C(C)(C)c1nc2cc(Br)c(F)cc2[nH]1. The topological polar surface area (TPSA) is 55.0 Å². The van der Waals surface area contributed by atoms with Crippen molar-refractivity contribution in [2.75, 3.05) is 6.61 Å². The predicted molar refractivity (Wildman–Crippen MR) is 73.4 cm³/mol. The number of hydrogen-bond donors (Lipinski definition) is 1. The van der Waals surface area contributed by atoms with E-state index < -0.39 is 5.41 Å². The van der Waals surface area contributed by atoms with E-state index in [0.717, 1.165) is 0 Å². The molecule has 0 atom stereocenters. The quantitative estimate of drug-likeness (QED) is 0.879. The smallest absolute Gasteiger partial charge is 0.319 e. The normalized spacial score (nSPS) is 11.8. The number of halogens is 2. The van der Waals surface area contributed by atoms with Gasteiger partial charge in [-0.05, 0) is 42.8 Å². The van der Waals surface area contributed by atoms with Gasteiger partial charge < -0.3 is 9.72 Å². The predicted octanol–water partition coefficient (Wildman–Crippen LogP) is 3.31. The standard InChI is InChI=1S/C13H14BrFN2O2/c1-4-19-12(18)13(2,3)11-16-9-5-7(14)8(15)6-10(9)17-11/h5-6H,4H2,1-3H3,(H,16,17). The zero-order chi connectivity index (χ0) is 14.2. The van der Waals surface area contributed by atoms with Crippen LogP contribution in [0.15, 0.2) is 16.6 Å². The van der Waals surface area contributed by atoms with Crippen LogP contribution in [0.2, 0.25) is 0 Å². The van der Waals surface area contributed by atoms with Gasteiger partial charge in [0, 0.05) is 6.07 Å². The second kappa shape index (κ2) is 4.92. The molecule has 0 aliphatic rings. The van der Waals surface area contributed by atoms with Crippen LogP contribution in [0.4, 0.5) is 4.39 Å².